The van der Waals surface area contributed by atoms with Gasteiger partial charge >= 0.3 is 5.97 Å². The van der Waals surface area contributed by atoms with E-state index >= 15 is 0 Å². The van der Waals surface area contributed by atoms with Gasteiger partial charge in [-0.25, -0.2) is 9.18 Å². The molecule has 158 valence electrons. The molecule has 0 aliphatic carbocycles. The van der Waals surface area contributed by atoms with Crippen LogP contribution in [-0.2, 0) is 9.53 Å². The molecule has 2 N–H and O–H groups in total. The summed E-state index contributed by atoms with van der Waals surface area (Å²) in [4.78, 5) is 14.4. The number of halogens is 2. The zero-order chi connectivity index (χ0) is 22.0. The first-order chi connectivity index (χ1) is 14.3. The van der Waals surface area contributed by atoms with Gasteiger partial charge in [-0.3, -0.25) is 4.90 Å². The predicted molar refractivity (Wildman–Crippen MR) is 116 cm³/mol. The van der Waals surface area contributed by atoms with E-state index in [9.17, 15) is 14.3 Å². The number of anilines is 1. The summed E-state index contributed by atoms with van der Waals surface area (Å²) in [5.41, 5.74) is 1.64. The Labute approximate surface area is 183 Å². The number of phenolic OH excluding ortho intramolecular Hbond substituents is 1. The van der Waals surface area contributed by atoms with Gasteiger partial charge in [-0.05, 0) is 56.4 Å². The molecule has 1 atom stereocenters. The van der Waals surface area contributed by atoms with E-state index in [-0.39, 0.29) is 28.1 Å². The normalized spacial score (nSPS) is 16.4. The second-order valence-electron chi connectivity index (χ2n) is 6.46. The molecule has 0 saturated heterocycles. The number of carbonyl (C=O) groups is 1. The highest BCUT2D eigenvalue weighted by molar-refractivity contribution is 7.80. The maximum absolute atomic E-state index is 13.6. The maximum Gasteiger partial charge on any atom is 0.338 e. The Balaban J connectivity index is 2.16. The number of esters is 1. The van der Waals surface area contributed by atoms with Gasteiger partial charge in [-0.1, -0.05) is 11.6 Å². The van der Waals surface area contributed by atoms with Crippen LogP contribution >= 0.6 is 23.8 Å². The molecule has 0 aromatic heterocycles. The van der Waals surface area contributed by atoms with Gasteiger partial charge in [0.05, 0.1) is 30.4 Å². The number of ether oxygens (including phenoxy) is 2. The lowest BCUT2D eigenvalue weighted by Gasteiger charge is -2.37. The molecule has 3 rings (SSSR count). The van der Waals surface area contributed by atoms with Crippen LogP contribution in [0.3, 0.4) is 0 Å². The van der Waals surface area contributed by atoms with Crippen molar-refractivity contribution < 1.29 is 23.8 Å². The molecule has 0 bridgehead atoms. The van der Waals surface area contributed by atoms with Crippen molar-refractivity contribution in [2.75, 3.05) is 18.6 Å². The molecule has 9 heteroatoms. The molecular weight excluding hydrogens is 431 g/mol. The minimum absolute atomic E-state index is 0.0671. The highest BCUT2D eigenvalue weighted by atomic mass is 35.5. The minimum atomic E-state index is -0.755. The maximum atomic E-state index is 13.6. The molecule has 0 fully saturated rings. The zero-order valence-electron chi connectivity index (χ0n) is 16.5. The molecular formula is C21H20ClFN2O4S. The Hall–Kier alpha value is -2.84. The Morgan fingerprint density at radius 1 is 1.33 bits per heavy atom. The molecule has 6 nitrogen and oxygen atoms in total. The van der Waals surface area contributed by atoms with Crippen LogP contribution in [0.15, 0.2) is 47.7 Å². The first-order valence-electron chi connectivity index (χ1n) is 9.09. The van der Waals surface area contributed by atoms with Crippen LogP contribution < -0.4 is 15.0 Å². The van der Waals surface area contributed by atoms with E-state index < -0.39 is 17.8 Å². The third kappa shape index (κ3) is 4.06. The number of thiocarbonyl (C=S) groups is 1. The Bertz CT molecular complexity index is 1040. The van der Waals surface area contributed by atoms with Crippen LogP contribution in [0.5, 0.6) is 11.5 Å². The Kier molecular flexibility index (Phi) is 6.48. The van der Waals surface area contributed by atoms with E-state index in [0.29, 0.717) is 22.7 Å². The number of methoxy groups -OCH3 is 1. The summed E-state index contributed by atoms with van der Waals surface area (Å²) in [5.74, 6) is -0.730. The van der Waals surface area contributed by atoms with Gasteiger partial charge in [-0.15, -0.1) is 0 Å². The minimum Gasteiger partial charge on any atom is -0.507 e. The van der Waals surface area contributed by atoms with Crippen molar-refractivity contribution in [3.05, 3.63) is 64.1 Å². The molecule has 30 heavy (non-hydrogen) atoms. The van der Waals surface area contributed by atoms with Crippen molar-refractivity contribution in [1.82, 2.24) is 5.32 Å². The molecule has 0 spiro atoms. The summed E-state index contributed by atoms with van der Waals surface area (Å²) in [7, 11) is 1.49. The predicted octanol–water partition coefficient (Wildman–Crippen LogP) is 4.47. The number of hydrogen-bond acceptors (Lipinski definition) is 5. The lowest BCUT2D eigenvalue weighted by Crippen LogP contribution is -2.48. The number of aromatic hydroxyl groups is 1. The van der Waals surface area contributed by atoms with Crippen LogP contribution in [0.4, 0.5) is 10.1 Å². The monoisotopic (exact) mass is 450 g/mol. The van der Waals surface area contributed by atoms with E-state index in [1.165, 1.54) is 31.4 Å². The zero-order valence-corrected chi connectivity index (χ0v) is 18.1. The first kappa shape index (κ1) is 21.9. The molecule has 0 amide bonds. The first-order valence-corrected chi connectivity index (χ1v) is 9.87. The fourth-order valence-corrected chi connectivity index (χ4v) is 3.81. The van der Waals surface area contributed by atoms with Crippen molar-refractivity contribution in [1.29, 1.82) is 0 Å². The van der Waals surface area contributed by atoms with Crippen molar-refractivity contribution >= 4 is 40.6 Å². The molecule has 1 unspecified atom stereocenters. The third-order valence-corrected chi connectivity index (χ3v) is 5.28. The Morgan fingerprint density at radius 2 is 2.07 bits per heavy atom. The number of nitrogens with zero attached hydrogens (tertiary/aromatic N) is 1. The average Bonchev–Trinajstić information content (AvgIpc) is 2.70. The number of rotatable bonds is 5. The van der Waals surface area contributed by atoms with E-state index in [1.807, 2.05) is 0 Å². The quantitative estimate of drug-likeness (QED) is 0.514. The topological polar surface area (TPSA) is 71.0 Å². The molecule has 2 aromatic rings. The van der Waals surface area contributed by atoms with Gasteiger partial charge in [0.2, 0.25) is 0 Å². The van der Waals surface area contributed by atoms with Gasteiger partial charge in [0, 0.05) is 23.0 Å². The number of allylic oxidation sites excluding steroid dienone is 1. The van der Waals surface area contributed by atoms with E-state index in [4.69, 9.17) is 33.3 Å². The van der Waals surface area contributed by atoms with Crippen LogP contribution in [0, 0.1) is 5.82 Å². The van der Waals surface area contributed by atoms with Crippen molar-refractivity contribution in [3.8, 4) is 11.5 Å². The van der Waals surface area contributed by atoms with Gasteiger partial charge in [0.25, 0.3) is 0 Å². The summed E-state index contributed by atoms with van der Waals surface area (Å²) in [5, 5.41) is 13.8. The van der Waals surface area contributed by atoms with Crippen molar-refractivity contribution in [3.63, 3.8) is 0 Å². The molecule has 1 heterocycles. The standard InChI is InChI=1S/C21H20ClFN2O4S/c1-4-29-20(27)18-11(2)25(12-5-8-16(23)15(22)9-12)21(30)24-19(18)14-7-6-13(28-3)10-17(14)26/h5-10,19,26H,4H2,1-3H3,(H,24,30). The summed E-state index contributed by atoms with van der Waals surface area (Å²) in [6.45, 7) is 3.57. The van der Waals surface area contributed by atoms with E-state index in [0.717, 1.165) is 0 Å². The third-order valence-electron chi connectivity index (χ3n) is 4.69. The average molecular weight is 451 g/mol. The molecule has 2 aromatic carbocycles. The van der Waals surface area contributed by atoms with Gasteiger partial charge in [-0.2, -0.15) is 0 Å². The molecule has 0 radical (unpaired) electrons. The lowest BCUT2D eigenvalue weighted by molar-refractivity contribution is -0.139. The van der Waals surface area contributed by atoms with Crippen LogP contribution in [0.1, 0.15) is 25.5 Å². The summed E-state index contributed by atoms with van der Waals surface area (Å²) < 4.78 is 24.0. The van der Waals surface area contributed by atoms with Gasteiger partial charge in [0.15, 0.2) is 5.11 Å². The summed E-state index contributed by atoms with van der Waals surface area (Å²) in [6.07, 6.45) is 0. The van der Waals surface area contributed by atoms with Crippen molar-refractivity contribution in [2.24, 2.45) is 0 Å². The number of carbonyl (C=O) groups excluding carboxylic acids is 1. The lowest BCUT2D eigenvalue weighted by atomic mass is 9.94. The largest absolute Gasteiger partial charge is 0.507 e. The fraction of sp³-hybridized carbons (Fsp3) is 0.238. The smallest absolute Gasteiger partial charge is 0.338 e. The molecule has 1 aliphatic heterocycles. The highest BCUT2D eigenvalue weighted by Gasteiger charge is 2.36. The second-order valence-corrected chi connectivity index (χ2v) is 7.25. The number of benzene rings is 2. The van der Waals surface area contributed by atoms with Gasteiger partial charge < -0.3 is 19.9 Å². The molecule has 1 aliphatic rings. The van der Waals surface area contributed by atoms with E-state index in [2.05, 4.69) is 5.32 Å². The van der Waals surface area contributed by atoms with Crippen molar-refractivity contribution in [2.45, 2.75) is 19.9 Å². The van der Waals surface area contributed by atoms with E-state index in [1.54, 1.807) is 30.9 Å². The number of nitrogens with one attached hydrogen (secondary N) is 1. The second kappa shape index (κ2) is 8.89. The van der Waals surface area contributed by atoms with Crippen LogP contribution in [0.25, 0.3) is 0 Å². The number of phenols is 1. The fourth-order valence-electron chi connectivity index (χ4n) is 3.28. The SMILES string of the molecule is CCOC(=O)C1=C(C)N(c2ccc(F)c(Cl)c2)C(=S)NC1c1ccc(OC)cc1O. The summed E-state index contributed by atoms with van der Waals surface area (Å²) in [6, 6.07) is 8.16. The number of hydrogen-bond donors (Lipinski definition) is 2. The summed E-state index contributed by atoms with van der Waals surface area (Å²) >= 11 is 11.5. The highest BCUT2D eigenvalue weighted by Crippen LogP contribution is 2.39. The van der Waals surface area contributed by atoms with Crippen LogP contribution in [0.2, 0.25) is 5.02 Å². The molecule has 0 saturated carbocycles. The Morgan fingerprint density at radius 3 is 2.67 bits per heavy atom. The van der Waals surface area contributed by atoms with Crippen LogP contribution in [-0.4, -0.2) is 29.9 Å². The van der Waals surface area contributed by atoms with Gasteiger partial charge in [0.1, 0.15) is 17.3 Å².